The minimum Gasteiger partial charge on any atom is -0.326 e. The van der Waals surface area contributed by atoms with E-state index in [1.165, 1.54) is 12.1 Å². The molecule has 0 amide bonds. The summed E-state index contributed by atoms with van der Waals surface area (Å²) in [6, 6.07) is 8.05. The molecule has 2 N–H and O–H groups in total. The van der Waals surface area contributed by atoms with Gasteiger partial charge < -0.3 is 5.73 Å². The Morgan fingerprint density at radius 2 is 2.10 bits per heavy atom. The molecule has 0 heterocycles. The van der Waals surface area contributed by atoms with Gasteiger partial charge in [-0.15, -0.1) is 0 Å². The van der Waals surface area contributed by atoms with Crippen molar-refractivity contribution in [1.29, 1.82) is 5.26 Å². The van der Waals surface area contributed by atoms with Gasteiger partial charge in [-0.25, -0.2) is 0 Å². The summed E-state index contributed by atoms with van der Waals surface area (Å²) in [4.78, 5) is 0. The molecule has 1 aromatic rings. The number of nitrogens with zero attached hydrogens (tertiary/aromatic N) is 1. The van der Waals surface area contributed by atoms with Crippen LogP contribution >= 0.6 is 0 Å². The van der Waals surface area contributed by atoms with Crippen LogP contribution in [0.1, 0.15) is 13.9 Å². The maximum atomic E-state index is 8.46. The van der Waals surface area contributed by atoms with Crippen molar-refractivity contribution >= 4 is 0 Å². The van der Waals surface area contributed by atoms with Gasteiger partial charge in [-0.3, -0.25) is 0 Å². The van der Waals surface area contributed by atoms with Gasteiger partial charge in [-0.2, -0.15) is 5.26 Å². The van der Waals surface area contributed by atoms with Gasteiger partial charge in [0.05, 0.1) is 11.6 Å². The van der Waals surface area contributed by atoms with E-state index in [4.69, 9.17) is 13.7 Å². The zero-order valence-electron chi connectivity index (χ0n) is 7.33. The molecule has 1 rings (SSSR count). The third kappa shape index (κ3) is 1.34. The number of hydrogen-bond donors (Lipinski definition) is 1. The molecule has 0 unspecified atom stereocenters. The van der Waals surface area contributed by atoms with E-state index >= 15 is 0 Å². The first-order valence-corrected chi connectivity index (χ1v) is 2.83. The van der Waals surface area contributed by atoms with Gasteiger partial charge in [0.25, 0.3) is 0 Å². The smallest absolute Gasteiger partial charge is 0.0991 e. The summed E-state index contributed by atoms with van der Waals surface area (Å²) in [5.41, 5.74) is 6.08. The summed E-state index contributed by atoms with van der Waals surface area (Å²) in [5.74, 6) is 0. The molecule has 0 saturated carbocycles. The fourth-order valence-electron chi connectivity index (χ4n) is 0.641. The molecule has 50 valence electrons. The van der Waals surface area contributed by atoms with Crippen molar-refractivity contribution in [1.82, 2.24) is 0 Å². The van der Waals surface area contributed by atoms with E-state index in [1.807, 2.05) is 6.07 Å². The molecular weight excluding hydrogens is 124 g/mol. The SMILES string of the molecule is [2H]C([2H])(N)c1ccc(C#N)cc1. The monoisotopic (exact) mass is 134 g/mol. The lowest BCUT2D eigenvalue weighted by Gasteiger charge is -1.93. The van der Waals surface area contributed by atoms with Crippen LogP contribution < -0.4 is 5.73 Å². The fraction of sp³-hybridized carbons (Fsp3) is 0.125. The van der Waals surface area contributed by atoms with Crippen LogP contribution in [-0.4, -0.2) is 0 Å². The Hall–Kier alpha value is -1.33. The van der Waals surface area contributed by atoms with E-state index in [0.29, 0.717) is 11.1 Å². The molecule has 1 aromatic carbocycles. The molecule has 0 atom stereocenters. The van der Waals surface area contributed by atoms with E-state index in [0.717, 1.165) is 0 Å². The molecule has 0 fully saturated rings. The Labute approximate surface area is 62.7 Å². The molecule has 0 radical (unpaired) electrons. The van der Waals surface area contributed by atoms with Crippen molar-refractivity contribution in [2.75, 3.05) is 0 Å². The minimum absolute atomic E-state index is 0.376. The van der Waals surface area contributed by atoms with Crippen LogP contribution in [-0.2, 0) is 6.50 Å². The fourth-order valence-corrected chi connectivity index (χ4v) is 0.641. The lowest BCUT2D eigenvalue weighted by molar-refractivity contribution is 1.07. The van der Waals surface area contributed by atoms with Crippen molar-refractivity contribution in [3.63, 3.8) is 0 Å². The van der Waals surface area contributed by atoms with Crippen LogP contribution in [0.5, 0.6) is 0 Å². The third-order valence-corrected chi connectivity index (χ3v) is 1.18. The van der Waals surface area contributed by atoms with Crippen molar-refractivity contribution in [3.8, 4) is 6.07 Å². The Morgan fingerprint density at radius 3 is 2.50 bits per heavy atom. The summed E-state index contributed by atoms with van der Waals surface area (Å²) < 4.78 is 14.3. The highest BCUT2D eigenvalue weighted by Crippen LogP contribution is 2.01. The third-order valence-electron chi connectivity index (χ3n) is 1.18. The van der Waals surface area contributed by atoms with E-state index in [2.05, 4.69) is 0 Å². The van der Waals surface area contributed by atoms with E-state index in [1.54, 1.807) is 12.1 Å². The molecule has 0 bridgehead atoms. The number of rotatable bonds is 1. The predicted octanol–water partition coefficient (Wildman–Crippen LogP) is 1.02. The maximum absolute atomic E-state index is 8.46. The molecule has 2 heteroatoms. The Balaban J connectivity index is 3.02. The van der Waals surface area contributed by atoms with Gasteiger partial charge in [0.15, 0.2) is 0 Å². The first-order chi connectivity index (χ1) is 5.54. The Bertz CT molecular complexity index is 305. The molecule has 0 spiro atoms. The molecule has 0 aliphatic rings. The van der Waals surface area contributed by atoms with Gasteiger partial charge in [0.1, 0.15) is 0 Å². The second-order valence-electron chi connectivity index (χ2n) is 1.83. The summed E-state index contributed by atoms with van der Waals surface area (Å²) in [6.45, 7) is -1.83. The number of nitrogens with two attached hydrogens (primary N) is 1. The van der Waals surface area contributed by atoms with Crippen molar-refractivity contribution in [3.05, 3.63) is 35.4 Å². The lowest BCUT2D eigenvalue weighted by Crippen LogP contribution is -1.94. The van der Waals surface area contributed by atoms with Gasteiger partial charge in [-0.05, 0) is 17.7 Å². The van der Waals surface area contributed by atoms with Crippen LogP contribution in [0.3, 0.4) is 0 Å². The topological polar surface area (TPSA) is 49.8 Å². The van der Waals surface area contributed by atoms with Crippen LogP contribution in [0.25, 0.3) is 0 Å². The highest BCUT2D eigenvalue weighted by molar-refractivity contribution is 5.31. The van der Waals surface area contributed by atoms with Crippen molar-refractivity contribution in [2.24, 2.45) is 5.73 Å². The van der Waals surface area contributed by atoms with E-state index < -0.39 is 6.50 Å². The molecule has 0 aromatic heterocycles. The quantitative estimate of drug-likeness (QED) is 0.623. The first-order valence-electron chi connectivity index (χ1n) is 3.83. The number of benzene rings is 1. The Morgan fingerprint density at radius 1 is 1.50 bits per heavy atom. The van der Waals surface area contributed by atoms with Crippen LogP contribution in [0.2, 0.25) is 0 Å². The highest BCUT2D eigenvalue weighted by atomic mass is 14.5. The highest BCUT2D eigenvalue weighted by Gasteiger charge is 1.88. The maximum Gasteiger partial charge on any atom is 0.0991 e. The second kappa shape index (κ2) is 3.00. The molecule has 10 heavy (non-hydrogen) atoms. The zero-order chi connectivity index (χ0) is 9.19. The largest absolute Gasteiger partial charge is 0.326 e. The zero-order valence-corrected chi connectivity index (χ0v) is 5.33. The van der Waals surface area contributed by atoms with E-state index in [-0.39, 0.29) is 0 Å². The molecule has 0 saturated heterocycles. The summed E-state index contributed by atoms with van der Waals surface area (Å²) in [7, 11) is 0. The average molecular weight is 134 g/mol. The van der Waals surface area contributed by atoms with Gasteiger partial charge >= 0.3 is 0 Å². The summed E-state index contributed by atoms with van der Waals surface area (Å²) >= 11 is 0. The summed E-state index contributed by atoms with van der Waals surface area (Å²) in [5, 5.41) is 8.46. The average Bonchev–Trinajstić information content (AvgIpc) is 2.03. The molecule has 2 nitrogen and oxygen atoms in total. The second-order valence-corrected chi connectivity index (χ2v) is 1.83. The van der Waals surface area contributed by atoms with Crippen molar-refractivity contribution < 1.29 is 2.74 Å². The normalized spacial score (nSPS) is 13.2. The molecule has 0 aliphatic carbocycles. The van der Waals surface area contributed by atoms with Gasteiger partial charge in [0.2, 0.25) is 0 Å². The Kier molecular flexibility index (Phi) is 1.34. The standard InChI is InChI=1S/C8H8N2/c9-5-7-1-2-8(6-10)4-3-7/h1-4H,5,9H2/i5D2. The molecular formula is C8H8N2. The minimum atomic E-state index is -1.83. The van der Waals surface area contributed by atoms with E-state index in [9.17, 15) is 0 Å². The lowest BCUT2D eigenvalue weighted by atomic mass is 10.1. The predicted molar refractivity (Wildman–Crippen MR) is 39.0 cm³/mol. The first kappa shape index (κ1) is 4.48. The van der Waals surface area contributed by atoms with Crippen LogP contribution in [0, 0.1) is 11.3 Å². The van der Waals surface area contributed by atoms with Gasteiger partial charge in [-0.1, -0.05) is 12.1 Å². The van der Waals surface area contributed by atoms with Crippen LogP contribution in [0.4, 0.5) is 0 Å². The molecule has 0 aliphatic heterocycles. The van der Waals surface area contributed by atoms with Crippen molar-refractivity contribution in [2.45, 2.75) is 6.50 Å². The van der Waals surface area contributed by atoms with Gasteiger partial charge in [0, 0.05) is 9.24 Å². The van der Waals surface area contributed by atoms with Crippen LogP contribution in [0.15, 0.2) is 24.3 Å². The summed E-state index contributed by atoms with van der Waals surface area (Å²) in [6.07, 6.45) is 0. The number of hydrogen-bond acceptors (Lipinski definition) is 2. The number of nitriles is 1.